The summed E-state index contributed by atoms with van der Waals surface area (Å²) in [6, 6.07) is 15.5. The lowest BCUT2D eigenvalue weighted by Gasteiger charge is -2.14. The molecule has 21 heavy (non-hydrogen) atoms. The maximum atomic E-state index is 6.37. The third kappa shape index (κ3) is 4.44. The average Bonchev–Trinajstić information content (AvgIpc) is 2.49. The van der Waals surface area contributed by atoms with E-state index in [-0.39, 0.29) is 6.04 Å². The highest BCUT2D eigenvalue weighted by molar-refractivity contribution is 5.32. The van der Waals surface area contributed by atoms with Gasteiger partial charge in [-0.1, -0.05) is 55.8 Å². The molecule has 0 saturated heterocycles. The van der Waals surface area contributed by atoms with E-state index in [4.69, 9.17) is 5.73 Å². The summed E-state index contributed by atoms with van der Waals surface area (Å²) < 4.78 is 0. The number of rotatable bonds is 6. The van der Waals surface area contributed by atoms with Gasteiger partial charge in [0.15, 0.2) is 0 Å². The SMILES string of the molecule is CCCCc1ccc(C(N)Cc2ccc(C)c(C)c2)cc1. The summed E-state index contributed by atoms with van der Waals surface area (Å²) in [5.74, 6) is 0. The maximum absolute atomic E-state index is 6.37. The molecule has 0 aromatic heterocycles. The van der Waals surface area contributed by atoms with Gasteiger partial charge in [-0.3, -0.25) is 0 Å². The molecular weight excluding hydrogens is 254 g/mol. The summed E-state index contributed by atoms with van der Waals surface area (Å²) in [6.07, 6.45) is 4.57. The van der Waals surface area contributed by atoms with Crippen molar-refractivity contribution < 1.29 is 0 Å². The second-order valence-corrected chi connectivity index (χ2v) is 6.07. The van der Waals surface area contributed by atoms with Crippen molar-refractivity contribution in [1.82, 2.24) is 0 Å². The van der Waals surface area contributed by atoms with Crippen LogP contribution in [0.4, 0.5) is 0 Å². The summed E-state index contributed by atoms with van der Waals surface area (Å²) in [6.45, 7) is 6.54. The number of benzene rings is 2. The molecule has 0 radical (unpaired) electrons. The molecule has 2 N–H and O–H groups in total. The van der Waals surface area contributed by atoms with Crippen LogP contribution in [-0.2, 0) is 12.8 Å². The average molecular weight is 281 g/mol. The van der Waals surface area contributed by atoms with Crippen molar-refractivity contribution in [2.45, 2.75) is 52.5 Å². The first-order chi connectivity index (χ1) is 10.1. The van der Waals surface area contributed by atoms with Crippen LogP contribution in [0.2, 0.25) is 0 Å². The molecule has 2 rings (SSSR count). The van der Waals surface area contributed by atoms with E-state index in [0.29, 0.717) is 0 Å². The number of hydrogen-bond donors (Lipinski definition) is 1. The van der Waals surface area contributed by atoms with Gasteiger partial charge in [0.05, 0.1) is 0 Å². The number of unbranched alkanes of at least 4 members (excludes halogenated alkanes) is 1. The number of nitrogens with two attached hydrogens (primary N) is 1. The van der Waals surface area contributed by atoms with Crippen LogP contribution in [0.1, 0.15) is 53.6 Å². The van der Waals surface area contributed by atoms with Gasteiger partial charge in [0.25, 0.3) is 0 Å². The van der Waals surface area contributed by atoms with Gasteiger partial charge < -0.3 is 5.73 Å². The van der Waals surface area contributed by atoms with Crippen LogP contribution < -0.4 is 5.73 Å². The molecule has 1 unspecified atom stereocenters. The largest absolute Gasteiger partial charge is 0.324 e. The molecule has 2 aromatic rings. The molecule has 0 aliphatic rings. The third-order valence-corrected chi connectivity index (χ3v) is 4.25. The molecule has 0 spiro atoms. The van der Waals surface area contributed by atoms with E-state index >= 15 is 0 Å². The first-order valence-electron chi connectivity index (χ1n) is 8.00. The van der Waals surface area contributed by atoms with Crippen LogP contribution in [0.15, 0.2) is 42.5 Å². The Balaban J connectivity index is 2.02. The molecule has 1 atom stereocenters. The van der Waals surface area contributed by atoms with Crippen molar-refractivity contribution in [1.29, 1.82) is 0 Å². The topological polar surface area (TPSA) is 26.0 Å². The van der Waals surface area contributed by atoms with Crippen LogP contribution in [0.25, 0.3) is 0 Å². The summed E-state index contributed by atoms with van der Waals surface area (Å²) in [5, 5.41) is 0. The highest BCUT2D eigenvalue weighted by atomic mass is 14.6. The molecule has 2 aromatic carbocycles. The van der Waals surface area contributed by atoms with Gasteiger partial charge in [0.1, 0.15) is 0 Å². The summed E-state index contributed by atoms with van der Waals surface area (Å²) in [5.41, 5.74) is 13.0. The Morgan fingerprint density at radius 1 is 0.905 bits per heavy atom. The molecule has 0 saturated carbocycles. The highest BCUT2D eigenvalue weighted by Gasteiger charge is 2.08. The Morgan fingerprint density at radius 3 is 2.19 bits per heavy atom. The zero-order valence-corrected chi connectivity index (χ0v) is 13.5. The Bertz CT molecular complexity index is 569. The monoisotopic (exact) mass is 281 g/mol. The first kappa shape index (κ1) is 15.8. The van der Waals surface area contributed by atoms with Gasteiger partial charge in [-0.15, -0.1) is 0 Å². The van der Waals surface area contributed by atoms with E-state index in [1.165, 1.54) is 47.1 Å². The highest BCUT2D eigenvalue weighted by Crippen LogP contribution is 2.19. The molecule has 0 aliphatic heterocycles. The van der Waals surface area contributed by atoms with Crippen molar-refractivity contribution in [3.05, 3.63) is 70.3 Å². The molecule has 0 heterocycles. The Morgan fingerprint density at radius 2 is 1.57 bits per heavy atom. The molecule has 0 amide bonds. The smallest absolute Gasteiger partial charge is 0.0335 e. The molecular formula is C20H27N. The van der Waals surface area contributed by atoms with Gasteiger partial charge in [0.2, 0.25) is 0 Å². The van der Waals surface area contributed by atoms with Gasteiger partial charge in [-0.05, 0) is 60.9 Å². The fourth-order valence-corrected chi connectivity index (χ4v) is 2.61. The number of aryl methyl sites for hydroxylation is 3. The quantitative estimate of drug-likeness (QED) is 0.801. The van der Waals surface area contributed by atoms with E-state index in [1.807, 2.05) is 0 Å². The van der Waals surface area contributed by atoms with E-state index < -0.39 is 0 Å². The Kier molecular flexibility index (Phi) is 5.58. The molecule has 1 heteroatoms. The van der Waals surface area contributed by atoms with Crippen molar-refractivity contribution in [2.24, 2.45) is 5.73 Å². The van der Waals surface area contributed by atoms with Crippen molar-refractivity contribution in [2.75, 3.05) is 0 Å². The van der Waals surface area contributed by atoms with Gasteiger partial charge in [-0.25, -0.2) is 0 Å². The summed E-state index contributed by atoms with van der Waals surface area (Å²) in [7, 11) is 0. The fraction of sp³-hybridized carbons (Fsp3) is 0.400. The second kappa shape index (κ2) is 7.42. The molecule has 1 nitrogen and oxygen atoms in total. The van der Waals surface area contributed by atoms with E-state index in [0.717, 1.165) is 6.42 Å². The van der Waals surface area contributed by atoms with Gasteiger partial charge in [-0.2, -0.15) is 0 Å². The van der Waals surface area contributed by atoms with Crippen LogP contribution >= 0.6 is 0 Å². The fourth-order valence-electron chi connectivity index (χ4n) is 2.61. The minimum absolute atomic E-state index is 0.0762. The predicted octanol–water partition coefficient (Wildman–Crippen LogP) is 4.89. The molecule has 0 aliphatic carbocycles. The van der Waals surface area contributed by atoms with Crippen molar-refractivity contribution >= 4 is 0 Å². The Hall–Kier alpha value is -1.60. The Labute approximate surface area is 129 Å². The summed E-state index contributed by atoms with van der Waals surface area (Å²) >= 11 is 0. The predicted molar refractivity (Wildman–Crippen MR) is 91.6 cm³/mol. The molecule has 0 fully saturated rings. The zero-order valence-electron chi connectivity index (χ0n) is 13.5. The maximum Gasteiger partial charge on any atom is 0.0335 e. The molecule has 112 valence electrons. The first-order valence-corrected chi connectivity index (χ1v) is 8.00. The normalized spacial score (nSPS) is 12.4. The van der Waals surface area contributed by atoms with E-state index in [9.17, 15) is 0 Å². The lowest BCUT2D eigenvalue weighted by atomic mass is 9.96. The zero-order chi connectivity index (χ0) is 15.2. The van der Waals surface area contributed by atoms with Crippen LogP contribution in [0.3, 0.4) is 0 Å². The van der Waals surface area contributed by atoms with Crippen LogP contribution in [0.5, 0.6) is 0 Å². The standard InChI is InChI=1S/C20H27N/c1-4-5-6-17-9-11-19(12-10-17)20(21)14-18-8-7-15(2)16(3)13-18/h7-13,20H,4-6,14,21H2,1-3H3. The number of hydrogen-bond acceptors (Lipinski definition) is 1. The lowest BCUT2D eigenvalue weighted by molar-refractivity contribution is 0.719. The van der Waals surface area contributed by atoms with E-state index in [1.54, 1.807) is 0 Å². The third-order valence-electron chi connectivity index (χ3n) is 4.25. The van der Waals surface area contributed by atoms with E-state index in [2.05, 4.69) is 63.2 Å². The van der Waals surface area contributed by atoms with Crippen molar-refractivity contribution in [3.63, 3.8) is 0 Å². The minimum Gasteiger partial charge on any atom is -0.324 e. The molecule has 0 bridgehead atoms. The minimum atomic E-state index is 0.0762. The lowest BCUT2D eigenvalue weighted by Crippen LogP contribution is -2.13. The van der Waals surface area contributed by atoms with Crippen LogP contribution in [-0.4, -0.2) is 0 Å². The van der Waals surface area contributed by atoms with Crippen LogP contribution in [0, 0.1) is 13.8 Å². The van der Waals surface area contributed by atoms with Gasteiger partial charge >= 0.3 is 0 Å². The summed E-state index contributed by atoms with van der Waals surface area (Å²) in [4.78, 5) is 0. The second-order valence-electron chi connectivity index (χ2n) is 6.07. The van der Waals surface area contributed by atoms with Gasteiger partial charge in [0, 0.05) is 6.04 Å². The van der Waals surface area contributed by atoms with Crippen molar-refractivity contribution in [3.8, 4) is 0 Å².